The molecule has 1 atom stereocenters. The fourth-order valence-corrected chi connectivity index (χ4v) is 4.80. The molecule has 0 N–H and O–H groups in total. The maximum Gasteiger partial charge on any atom is 0.340 e. The summed E-state index contributed by atoms with van der Waals surface area (Å²) < 4.78 is 39.3. The van der Waals surface area contributed by atoms with Gasteiger partial charge in [-0.15, -0.1) is 0 Å². The molecular weight excluding hydrogens is 418 g/mol. The first-order chi connectivity index (χ1) is 15.4. The van der Waals surface area contributed by atoms with E-state index < -0.39 is 6.55 Å². The predicted molar refractivity (Wildman–Crippen MR) is 115 cm³/mol. The largest absolute Gasteiger partial charge is 0.487 e. The molecule has 32 heavy (non-hydrogen) atoms. The molecule has 4 rings (SSSR count). The van der Waals surface area contributed by atoms with Gasteiger partial charge in [-0.25, -0.2) is 14.5 Å². The van der Waals surface area contributed by atoms with Gasteiger partial charge >= 0.3 is 12.5 Å². The van der Waals surface area contributed by atoms with Crippen molar-refractivity contribution in [1.82, 2.24) is 19.3 Å². The average Bonchev–Trinajstić information content (AvgIpc) is 3.36. The van der Waals surface area contributed by atoms with E-state index in [1.807, 2.05) is 19.1 Å². The average molecular weight is 446 g/mol. The summed E-state index contributed by atoms with van der Waals surface area (Å²) >= 11 is 0. The second-order valence-electron chi connectivity index (χ2n) is 8.25. The summed E-state index contributed by atoms with van der Waals surface area (Å²) in [6.07, 6.45) is 7.78. The van der Waals surface area contributed by atoms with Gasteiger partial charge in [0, 0.05) is 23.3 Å². The van der Waals surface area contributed by atoms with Gasteiger partial charge in [0.25, 0.3) is 0 Å². The molecule has 1 saturated carbocycles. The van der Waals surface area contributed by atoms with E-state index in [1.54, 1.807) is 13.1 Å². The third-order valence-electron chi connectivity index (χ3n) is 6.38. The van der Waals surface area contributed by atoms with E-state index in [9.17, 15) is 13.6 Å². The van der Waals surface area contributed by atoms with E-state index in [0.717, 1.165) is 42.4 Å². The van der Waals surface area contributed by atoms with Gasteiger partial charge in [0.1, 0.15) is 5.65 Å². The maximum absolute atomic E-state index is 12.7. The van der Waals surface area contributed by atoms with E-state index >= 15 is 0 Å². The molecular formula is C23H28F2N4O3. The molecule has 0 saturated heterocycles. The summed E-state index contributed by atoms with van der Waals surface area (Å²) in [6.45, 7) is 3.55. The first-order valence-corrected chi connectivity index (χ1v) is 11.0. The Morgan fingerprint density at radius 3 is 2.69 bits per heavy atom. The fraction of sp³-hybridized carbons (Fsp3) is 0.522. The van der Waals surface area contributed by atoms with E-state index in [2.05, 4.69) is 21.6 Å². The molecule has 0 aliphatic heterocycles. The van der Waals surface area contributed by atoms with Crippen molar-refractivity contribution in [3.63, 3.8) is 0 Å². The van der Waals surface area contributed by atoms with Crippen LogP contribution in [0.4, 0.5) is 8.78 Å². The number of carbonyl (C=O) groups is 1. The van der Waals surface area contributed by atoms with Crippen LogP contribution in [0.5, 0.6) is 5.75 Å². The van der Waals surface area contributed by atoms with Crippen molar-refractivity contribution in [3.05, 3.63) is 42.0 Å². The Morgan fingerprint density at radius 1 is 1.28 bits per heavy atom. The molecule has 9 heteroatoms. The maximum atomic E-state index is 12.7. The molecule has 0 spiro atoms. The van der Waals surface area contributed by atoms with E-state index in [-0.39, 0.29) is 18.1 Å². The normalized spacial score (nSPS) is 19.9. The summed E-state index contributed by atoms with van der Waals surface area (Å²) in [5, 5.41) is 4.43. The number of hydrogen-bond acceptors (Lipinski definition) is 5. The molecule has 0 radical (unpaired) electrons. The lowest BCUT2D eigenvalue weighted by Gasteiger charge is -2.33. The van der Waals surface area contributed by atoms with Gasteiger partial charge in [-0.1, -0.05) is 0 Å². The van der Waals surface area contributed by atoms with Crippen LogP contribution >= 0.6 is 0 Å². The van der Waals surface area contributed by atoms with Crippen LogP contribution in [0.2, 0.25) is 0 Å². The molecule has 0 amide bonds. The zero-order chi connectivity index (χ0) is 22.8. The topological polar surface area (TPSA) is 71.2 Å². The van der Waals surface area contributed by atoms with Gasteiger partial charge in [-0.2, -0.15) is 13.9 Å². The highest BCUT2D eigenvalue weighted by atomic mass is 19.3. The number of halogens is 2. The Morgan fingerprint density at radius 2 is 2.03 bits per heavy atom. The van der Waals surface area contributed by atoms with Crippen molar-refractivity contribution in [1.29, 1.82) is 0 Å². The number of rotatable bonds is 7. The van der Waals surface area contributed by atoms with E-state index in [4.69, 9.17) is 9.47 Å². The second kappa shape index (κ2) is 9.26. The number of alkyl halides is 2. The summed E-state index contributed by atoms with van der Waals surface area (Å²) in [7, 11) is 0. The van der Waals surface area contributed by atoms with Gasteiger partial charge in [0.15, 0.2) is 5.75 Å². The molecule has 3 aromatic heterocycles. The number of carbonyl (C=O) groups excluding carboxylic acids is 1. The lowest BCUT2D eigenvalue weighted by molar-refractivity contribution is 0.0525. The Balaban J connectivity index is 1.49. The smallest absolute Gasteiger partial charge is 0.340 e. The first-order valence-electron chi connectivity index (χ1n) is 11.0. The van der Waals surface area contributed by atoms with Crippen molar-refractivity contribution in [2.24, 2.45) is 5.92 Å². The van der Waals surface area contributed by atoms with Gasteiger partial charge in [-0.3, -0.25) is 0 Å². The standard InChI is InChI=1S/C23H28F2N4O3/c1-4-31-22(30)20-15(3)29(21-19(20)6-5-11-26-21)14(2)16-7-9-17(10-8-16)32-18-12-27-28(13-18)23(24)25/h5-6,11-14,16-17,23H,4,7-10H2,1-3H3/t14-,16?,17?/m1/s1. The number of hydrogen-bond donors (Lipinski definition) is 0. The highest BCUT2D eigenvalue weighted by Crippen LogP contribution is 2.38. The molecule has 0 bridgehead atoms. The molecule has 3 heterocycles. The van der Waals surface area contributed by atoms with Crippen LogP contribution in [0.15, 0.2) is 30.7 Å². The molecule has 1 aliphatic rings. The Bertz CT molecular complexity index is 1090. The number of ether oxygens (including phenoxy) is 2. The van der Waals surface area contributed by atoms with Crippen LogP contribution in [0.3, 0.4) is 0 Å². The molecule has 7 nitrogen and oxygen atoms in total. The Kier molecular flexibility index (Phi) is 6.43. The SMILES string of the molecule is CCOC(=O)c1c(C)n([C@H](C)C2CCC(Oc3cnn(C(F)F)c3)CC2)c2ncccc12. The van der Waals surface area contributed by atoms with Crippen molar-refractivity contribution in [2.75, 3.05) is 6.61 Å². The highest BCUT2D eigenvalue weighted by molar-refractivity contribution is 6.05. The summed E-state index contributed by atoms with van der Waals surface area (Å²) in [4.78, 5) is 17.2. The van der Waals surface area contributed by atoms with E-state index in [1.165, 1.54) is 12.4 Å². The van der Waals surface area contributed by atoms with Crippen molar-refractivity contribution in [2.45, 2.75) is 65.1 Å². The predicted octanol–water partition coefficient (Wildman–Crippen LogP) is 5.31. The zero-order valence-corrected chi connectivity index (χ0v) is 18.5. The highest BCUT2D eigenvalue weighted by Gasteiger charge is 2.31. The van der Waals surface area contributed by atoms with Gasteiger partial charge in [0.2, 0.25) is 0 Å². The van der Waals surface area contributed by atoms with Crippen LogP contribution in [-0.4, -0.2) is 38.0 Å². The van der Waals surface area contributed by atoms with Crippen LogP contribution < -0.4 is 4.74 Å². The van der Waals surface area contributed by atoms with Crippen LogP contribution in [0.1, 0.15) is 68.2 Å². The number of fused-ring (bicyclic) bond motifs is 1. The quantitative estimate of drug-likeness (QED) is 0.460. The van der Waals surface area contributed by atoms with E-state index in [0.29, 0.717) is 28.5 Å². The van der Waals surface area contributed by atoms with Crippen LogP contribution in [-0.2, 0) is 4.74 Å². The minimum absolute atomic E-state index is 0.0236. The molecule has 0 unspecified atom stereocenters. The van der Waals surface area contributed by atoms with Crippen molar-refractivity contribution < 1.29 is 23.0 Å². The lowest BCUT2D eigenvalue weighted by atomic mass is 9.83. The van der Waals surface area contributed by atoms with Crippen LogP contribution in [0, 0.1) is 12.8 Å². The van der Waals surface area contributed by atoms with Crippen LogP contribution in [0.25, 0.3) is 11.0 Å². The van der Waals surface area contributed by atoms with Gasteiger partial charge in [0.05, 0.1) is 30.7 Å². The Hall–Kier alpha value is -2.97. The van der Waals surface area contributed by atoms with Gasteiger partial charge < -0.3 is 14.0 Å². The number of pyridine rings is 1. The van der Waals surface area contributed by atoms with Crippen molar-refractivity contribution in [3.8, 4) is 5.75 Å². The second-order valence-corrected chi connectivity index (χ2v) is 8.25. The molecule has 1 fully saturated rings. The molecule has 172 valence electrons. The number of nitrogens with zero attached hydrogens (tertiary/aromatic N) is 4. The fourth-order valence-electron chi connectivity index (χ4n) is 4.80. The molecule has 0 aromatic carbocycles. The minimum atomic E-state index is -2.67. The third kappa shape index (κ3) is 4.20. The first kappa shape index (κ1) is 22.2. The third-order valence-corrected chi connectivity index (χ3v) is 6.38. The molecule has 3 aromatic rings. The van der Waals surface area contributed by atoms with Crippen molar-refractivity contribution >= 4 is 17.0 Å². The monoisotopic (exact) mass is 446 g/mol. The zero-order valence-electron chi connectivity index (χ0n) is 18.5. The minimum Gasteiger partial charge on any atom is -0.487 e. The summed E-state index contributed by atoms with van der Waals surface area (Å²) in [5.74, 6) is 0.428. The molecule has 1 aliphatic carbocycles. The Labute approximate surface area is 185 Å². The number of aromatic nitrogens is 4. The summed E-state index contributed by atoms with van der Waals surface area (Å²) in [5.41, 5.74) is 2.23. The lowest BCUT2D eigenvalue weighted by Crippen LogP contribution is -2.28. The number of esters is 1. The summed E-state index contributed by atoms with van der Waals surface area (Å²) in [6, 6.07) is 3.88. The van der Waals surface area contributed by atoms with Gasteiger partial charge in [-0.05, 0) is 64.5 Å².